The van der Waals surface area contributed by atoms with Gasteiger partial charge in [-0.3, -0.25) is 0 Å². The maximum atomic E-state index is 5.74. The maximum Gasteiger partial charge on any atom is 0.0928 e. The maximum absolute atomic E-state index is 5.74. The quantitative estimate of drug-likeness (QED) is 0.714. The van der Waals surface area contributed by atoms with Crippen LogP contribution in [0.3, 0.4) is 0 Å². The largest absolute Gasteiger partial charge is 0.376 e. The minimum Gasteiger partial charge on any atom is -0.376 e. The lowest BCUT2D eigenvalue weighted by Crippen LogP contribution is -2.42. The van der Waals surface area contributed by atoms with E-state index >= 15 is 0 Å². The minimum atomic E-state index is -0.139. The van der Waals surface area contributed by atoms with E-state index in [1.165, 1.54) is 5.56 Å². The first-order chi connectivity index (χ1) is 6.79. The van der Waals surface area contributed by atoms with Gasteiger partial charge in [-0.1, -0.05) is 30.3 Å². The molecule has 1 unspecified atom stereocenters. The second kappa shape index (κ2) is 4.11. The smallest absolute Gasteiger partial charge is 0.0928 e. The van der Waals surface area contributed by atoms with Gasteiger partial charge in [0.2, 0.25) is 0 Å². The molecule has 2 nitrogen and oxygen atoms in total. The molecule has 1 fully saturated rings. The summed E-state index contributed by atoms with van der Waals surface area (Å²) >= 11 is 0. The van der Waals surface area contributed by atoms with Crippen LogP contribution in [0.2, 0.25) is 0 Å². The average molecular weight is 192 g/mol. The number of benzene rings is 1. The van der Waals surface area contributed by atoms with Crippen LogP contribution in [0.5, 0.6) is 0 Å². The Morgan fingerprint density at radius 2 is 2.00 bits per heavy atom. The fourth-order valence-electron chi connectivity index (χ4n) is 1.81. The van der Waals surface area contributed by atoms with Crippen LogP contribution in [0.4, 0.5) is 0 Å². The van der Waals surface area contributed by atoms with Gasteiger partial charge in [0.1, 0.15) is 0 Å². The van der Waals surface area contributed by atoms with E-state index in [0.717, 1.165) is 13.0 Å². The Balaban J connectivity index is 2.02. The van der Waals surface area contributed by atoms with Crippen molar-refractivity contribution in [1.29, 1.82) is 0 Å². The third-order valence-corrected chi connectivity index (χ3v) is 2.51. The van der Waals surface area contributed by atoms with Crippen LogP contribution >= 0.6 is 0 Å². The molecule has 1 heterocycles. The van der Waals surface area contributed by atoms with Crippen molar-refractivity contribution in [3.8, 4) is 0 Å². The fraction of sp³-hybridized carbons (Fsp3) is 0.500. The molecule has 0 radical (unpaired) electrons. The van der Waals surface area contributed by atoms with E-state index in [1.54, 1.807) is 0 Å². The topological polar surface area (TPSA) is 18.5 Å². The van der Waals surface area contributed by atoms with Crippen molar-refractivity contribution >= 4 is 0 Å². The third kappa shape index (κ3) is 2.34. The number of hydrogen-bond donors (Lipinski definition) is 0. The van der Waals surface area contributed by atoms with Crippen LogP contribution < -0.4 is 0 Å². The normalized spacial score (nSPS) is 27.5. The minimum absolute atomic E-state index is 0.139. The van der Waals surface area contributed by atoms with Gasteiger partial charge in [0, 0.05) is 6.42 Å². The summed E-state index contributed by atoms with van der Waals surface area (Å²) in [5, 5.41) is 0. The van der Waals surface area contributed by atoms with E-state index in [9.17, 15) is 0 Å². The second-order valence-corrected chi connectivity index (χ2v) is 4.01. The monoisotopic (exact) mass is 192 g/mol. The molecule has 0 aliphatic carbocycles. The molecule has 0 saturated carbocycles. The predicted molar refractivity (Wildman–Crippen MR) is 55.3 cm³/mol. The van der Waals surface area contributed by atoms with Crippen LogP contribution in [0.1, 0.15) is 12.5 Å². The van der Waals surface area contributed by atoms with Crippen molar-refractivity contribution in [2.45, 2.75) is 18.9 Å². The van der Waals surface area contributed by atoms with Crippen molar-refractivity contribution in [3.05, 3.63) is 35.9 Å². The molecule has 0 N–H and O–H groups in total. The lowest BCUT2D eigenvalue weighted by atomic mass is 9.96. The van der Waals surface area contributed by atoms with E-state index in [2.05, 4.69) is 31.2 Å². The fourth-order valence-corrected chi connectivity index (χ4v) is 1.81. The van der Waals surface area contributed by atoms with Gasteiger partial charge in [0.25, 0.3) is 0 Å². The zero-order valence-corrected chi connectivity index (χ0v) is 8.53. The van der Waals surface area contributed by atoms with Crippen molar-refractivity contribution in [2.75, 3.05) is 19.8 Å². The van der Waals surface area contributed by atoms with Crippen molar-refractivity contribution in [2.24, 2.45) is 0 Å². The Morgan fingerprint density at radius 3 is 2.64 bits per heavy atom. The molecule has 0 bridgehead atoms. The lowest BCUT2D eigenvalue weighted by Gasteiger charge is -2.33. The Kier molecular flexibility index (Phi) is 2.85. The van der Waals surface area contributed by atoms with E-state index < -0.39 is 0 Å². The molecular formula is C12H16O2. The van der Waals surface area contributed by atoms with Gasteiger partial charge in [-0.05, 0) is 12.5 Å². The predicted octanol–water partition coefficient (Wildman–Crippen LogP) is 2.03. The zero-order chi connectivity index (χ0) is 9.86. The molecule has 1 atom stereocenters. The van der Waals surface area contributed by atoms with E-state index in [1.807, 2.05) is 6.07 Å². The number of ether oxygens (including phenoxy) is 2. The Bertz CT molecular complexity index is 276. The molecule has 2 rings (SSSR count). The van der Waals surface area contributed by atoms with Gasteiger partial charge in [-0.15, -0.1) is 0 Å². The van der Waals surface area contributed by atoms with E-state index in [0.29, 0.717) is 13.2 Å². The first kappa shape index (κ1) is 9.69. The summed E-state index contributed by atoms with van der Waals surface area (Å²) in [7, 11) is 0. The molecule has 14 heavy (non-hydrogen) atoms. The van der Waals surface area contributed by atoms with Gasteiger partial charge in [-0.25, -0.2) is 0 Å². The molecule has 1 aliphatic rings. The van der Waals surface area contributed by atoms with E-state index in [4.69, 9.17) is 9.47 Å². The van der Waals surface area contributed by atoms with Crippen LogP contribution in [-0.4, -0.2) is 25.4 Å². The Morgan fingerprint density at radius 1 is 1.21 bits per heavy atom. The highest BCUT2D eigenvalue weighted by atomic mass is 16.6. The summed E-state index contributed by atoms with van der Waals surface area (Å²) < 4.78 is 11.2. The highest BCUT2D eigenvalue weighted by molar-refractivity contribution is 5.17. The molecule has 1 aliphatic heterocycles. The van der Waals surface area contributed by atoms with Gasteiger partial charge >= 0.3 is 0 Å². The molecule has 0 spiro atoms. The highest BCUT2D eigenvalue weighted by Crippen LogP contribution is 2.20. The summed E-state index contributed by atoms with van der Waals surface area (Å²) in [5.74, 6) is 0. The van der Waals surface area contributed by atoms with E-state index in [-0.39, 0.29) is 5.60 Å². The molecule has 76 valence electrons. The molecule has 2 heteroatoms. The van der Waals surface area contributed by atoms with Crippen molar-refractivity contribution in [1.82, 2.24) is 0 Å². The van der Waals surface area contributed by atoms with Gasteiger partial charge < -0.3 is 9.47 Å². The average Bonchev–Trinajstić information content (AvgIpc) is 2.19. The number of hydrogen-bond acceptors (Lipinski definition) is 2. The Hall–Kier alpha value is -0.860. The molecule has 1 aromatic rings. The van der Waals surface area contributed by atoms with Gasteiger partial charge in [0.15, 0.2) is 0 Å². The molecule has 0 amide bonds. The van der Waals surface area contributed by atoms with Gasteiger partial charge in [0.05, 0.1) is 25.4 Å². The lowest BCUT2D eigenvalue weighted by molar-refractivity contribution is -0.146. The van der Waals surface area contributed by atoms with Crippen LogP contribution in [0.25, 0.3) is 0 Å². The highest BCUT2D eigenvalue weighted by Gasteiger charge is 2.28. The standard InChI is InChI=1S/C12H16O2/c1-12(10-13-7-8-14-12)9-11-5-3-2-4-6-11/h2-6H,7-10H2,1H3. The summed E-state index contributed by atoms with van der Waals surface area (Å²) in [6.45, 7) is 4.24. The summed E-state index contributed by atoms with van der Waals surface area (Å²) in [5.41, 5.74) is 1.17. The summed E-state index contributed by atoms with van der Waals surface area (Å²) in [6.07, 6.45) is 0.924. The molecular weight excluding hydrogens is 176 g/mol. The van der Waals surface area contributed by atoms with Crippen LogP contribution in [0.15, 0.2) is 30.3 Å². The third-order valence-electron chi connectivity index (χ3n) is 2.51. The van der Waals surface area contributed by atoms with Crippen LogP contribution in [0, 0.1) is 0 Å². The van der Waals surface area contributed by atoms with Crippen molar-refractivity contribution < 1.29 is 9.47 Å². The Labute approximate surface area is 84.8 Å². The second-order valence-electron chi connectivity index (χ2n) is 4.01. The first-order valence-electron chi connectivity index (χ1n) is 5.04. The SMILES string of the molecule is CC1(Cc2ccccc2)COCCO1. The molecule has 1 aromatic carbocycles. The first-order valence-corrected chi connectivity index (χ1v) is 5.04. The zero-order valence-electron chi connectivity index (χ0n) is 8.53. The number of rotatable bonds is 2. The van der Waals surface area contributed by atoms with Crippen LogP contribution in [-0.2, 0) is 15.9 Å². The summed E-state index contributed by atoms with van der Waals surface area (Å²) in [6, 6.07) is 10.4. The molecule has 1 saturated heterocycles. The van der Waals surface area contributed by atoms with Crippen molar-refractivity contribution in [3.63, 3.8) is 0 Å². The summed E-state index contributed by atoms with van der Waals surface area (Å²) in [4.78, 5) is 0. The van der Waals surface area contributed by atoms with Gasteiger partial charge in [-0.2, -0.15) is 0 Å². The molecule has 0 aromatic heterocycles.